The smallest absolute Gasteiger partial charge is 0.0209 e. The first kappa shape index (κ1) is 11.0. The molecule has 0 unspecified atom stereocenters. The van der Waals surface area contributed by atoms with Crippen LogP contribution < -0.4 is 11.2 Å². The topological polar surface area (TPSA) is 41.3 Å². The van der Waals surface area contributed by atoms with Crippen LogP contribution in [-0.4, -0.2) is 31.2 Å². The Morgan fingerprint density at radius 2 is 2.00 bits per heavy atom. The molecular weight excluding hydrogens is 162 g/mol. The number of hydrogen-bond donors (Lipinski definition) is 2. The Kier molecular flexibility index (Phi) is 4.16. The van der Waals surface area contributed by atoms with Crippen LogP contribution in [0.2, 0.25) is 0 Å². The van der Waals surface area contributed by atoms with Gasteiger partial charge in [0.25, 0.3) is 0 Å². The number of nitrogens with two attached hydrogens (primary N) is 1. The standard InChI is InChI=1S/C7H15N3.C3H8/c8-10-3-1-2-7(6-10)4-9-5-7;1-3-2/h9H,1-6,8H2;3H2,1-2H3. The highest BCUT2D eigenvalue weighted by atomic mass is 15.4. The molecule has 3 nitrogen and oxygen atoms in total. The Balaban J connectivity index is 0.000000251. The molecule has 1 spiro atoms. The fraction of sp³-hybridized carbons (Fsp3) is 1.00. The second-order valence-electron chi connectivity index (χ2n) is 4.38. The van der Waals surface area contributed by atoms with Gasteiger partial charge in [0.05, 0.1) is 0 Å². The molecule has 2 aliphatic heterocycles. The minimum absolute atomic E-state index is 0.562. The predicted molar refractivity (Wildman–Crippen MR) is 56.3 cm³/mol. The molecule has 0 aromatic carbocycles. The van der Waals surface area contributed by atoms with Crippen molar-refractivity contribution in [3.8, 4) is 0 Å². The lowest BCUT2D eigenvalue weighted by molar-refractivity contribution is 0.0416. The van der Waals surface area contributed by atoms with Gasteiger partial charge in [0, 0.05) is 31.6 Å². The number of piperidine rings is 1. The quantitative estimate of drug-likeness (QED) is 0.552. The van der Waals surface area contributed by atoms with E-state index in [1.807, 2.05) is 5.01 Å². The highest BCUT2D eigenvalue weighted by molar-refractivity contribution is 4.95. The summed E-state index contributed by atoms with van der Waals surface area (Å²) in [4.78, 5) is 0. The van der Waals surface area contributed by atoms with E-state index in [2.05, 4.69) is 19.2 Å². The molecule has 3 N–H and O–H groups in total. The van der Waals surface area contributed by atoms with E-state index in [1.54, 1.807) is 0 Å². The third-order valence-corrected chi connectivity index (χ3v) is 2.69. The summed E-state index contributed by atoms with van der Waals surface area (Å²) in [6.45, 7) is 8.79. The third kappa shape index (κ3) is 2.93. The Hall–Kier alpha value is -0.120. The first-order chi connectivity index (χ1) is 6.22. The summed E-state index contributed by atoms with van der Waals surface area (Å²) in [5, 5.41) is 5.27. The molecule has 0 bridgehead atoms. The van der Waals surface area contributed by atoms with E-state index in [4.69, 9.17) is 5.84 Å². The van der Waals surface area contributed by atoms with Crippen LogP contribution in [0.3, 0.4) is 0 Å². The van der Waals surface area contributed by atoms with Gasteiger partial charge in [0.15, 0.2) is 0 Å². The van der Waals surface area contributed by atoms with Gasteiger partial charge < -0.3 is 5.32 Å². The Morgan fingerprint density at radius 3 is 2.31 bits per heavy atom. The summed E-state index contributed by atoms with van der Waals surface area (Å²) < 4.78 is 0. The molecule has 0 radical (unpaired) electrons. The van der Waals surface area contributed by atoms with Gasteiger partial charge in [-0.25, -0.2) is 5.01 Å². The van der Waals surface area contributed by atoms with E-state index in [0.717, 1.165) is 13.1 Å². The van der Waals surface area contributed by atoms with Gasteiger partial charge in [0.2, 0.25) is 0 Å². The van der Waals surface area contributed by atoms with Crippen LogP contribution >= 0.6 is 0 Å². The molecule has 0 saturated carbocycles. The molecule has 13 heavy (non-hydrogen) atoms. The normalized spacial score (nSPS) is 26.1. The molecule has 2 heterocycles. The number of nitrogens with zero attached hydrogens (tertiary/aromatic N) is 1. The molecule has 0 amide bonds. The summed E-state index contributed by atoms with van der Waals surface area (Å²) in [7, 11) is 0. The molecule has 2 rings (SSSR count). The van der Waals surface area contributed by atoms with E-state index in [0.29, 0.717) is 5.41 Å². The average molecular weight is 185 g/mol. The van der Waals surface area contributed by atoms with Crippen LogP contribution in [0.25, 0.3) is 0 Å². The second-order valence-corrected chi connectivity index (χ2v) is 4.38. The minimum Gasteiger partial charge on any atom is -0.315 e. The molecule has 0 atom stereocenters. The lowest BCUT2D eigenvalue weighted by Crippen LogP contribution is -2.62. The highest BCUT2D eigenvalue weighted by Crippen LogP contribution is 2.31. The maximum Gasteiger partial charge on any atom is 0.0209 e. The van der Waals surface area contributed by atoms with E-state index in [1.165, 1.54) is 32.4 Å². The van der Waals surface area contributed by atoms with Crippen molar-refractivity contribution >= 4 is 0 Å². The molecule has 2 saturated heterocycles. The van der Waals surface area contributed by atoms with Crippen molar-refractivity contribution in [2.75, 3.05) is 26.2 Å². The van der Waals surface area contributed by atoms with Crippen molar-refractivity contribution in [1.82, 2.24) is 10.3 Å². The van der Waals surface area contributed by atoms with Gasteiger partial charge in [0.1, 0.15) is 0 Å². The highest BCUT2D eigenvalue weighted by Gasteiger charge is 2.39. The van der Waals surface area contributed by atoms with Crippen LogP contribution in [0, 0.1) is 5.41 Å². The average Bonchev–Trinajstić information content (AvgIpc) is 2.03. The van der Waals surface area contributed by atoms with Crippen molar-refractivity contribution in [1.29, 1.82) is 0 Å². The first-order valence-corrected chi connectivity index (χ1v) is 5.43. The summed E-state index contributed by atoms with van der Waals surface area (Å²) in [6, 6.07) is 0. The van der Waals surface area contributed by atoms with E-state index in [9.17, 15) is 0 Å². The van der Waals surface area contributed by atoms with E-state index >= 15 is 0 Å². The second kappa shape index (κ2) is 4.94. The zero-order valence-electron chi connectivity index (χ0n) is 8.97. The van der Waals surface area contributed by atoms with Gasteiger partial charge >= 0.3 is 0 Å². The Labute approximate surface area is 81.6 Å². The van der Waals surface area contributed by atoms with Crippen molar-refractivity contribution in [3.05, 3.63) is 0 Å². The Morgan fingerprint density at radius 1 is 1.38 bits per heavy atom. The Bertz CT molecular complexity index is 143. The largest absolute Gasteiger partial charge is 0.315 e. The fourth-order valence-electron chi connectivity index (χ4n) is 2.01. The van der Waals surface area contributed by atoms with Crippen LogP contribution in [0.5, 0.6) is 0 Å². The van der Waals surface area contributed by atoms with Crippen molar-refractivity contribution in [2.45, 2.75) is 33.1 Å². The van der Waals surface area contributed by atoms with Gasteiger partial charge in [-0.3, -0.25) is 5.84 Å². The van der Waals surface area contributed by atoms with Gasteiger partial charge in [-0.1, -0.05) is 20.3 Å². The summed E-state index contributed by atoms with van der Waals surface area (Å²) in [5.74, 6) is 5.73. The van der Waals surface area contributed by atoms with Gasteiger partial charge in [-0.05, 0) is 12.8 Å². The maximum absolute atomic E-state index is 5.73. The van der Waals surface area contributed by atoms with Crippen LogP contribution in [0.15, 0.2) is 0 Å². The number of hydrogen-bond acceptors (Lipinski definition) is 3. The molecule has 78 valence electrons. The monoisotopic (exact) mass is 185 g/mol. The van der Waals surface area contributed by atoms with Gasteiger partial charge in [-0.2, -0.15) is 0 Å². The first-order valence-electron chi connectivity index (χ1n) is 5.43. The number of rotatable bonds is 0. The lowest BCUT2D eigenvalue weighted by Gasteiger charge is -2.48. The maximum atomic E-state index is 5.73. The predicted octanol–water partition coefficient (Wildman–Crippen LogP) is 0.962. The molecule has 0 aromatic rings. The zero-order valence-corrected chi connectivity index (χ0v) is 8.97. The summed E-state index contributed by atoms with van der Waals surface area (Å²) in [6.07, 6.45) is 3.89. The van der Waals surface area contributed by atoms with E-state index in [-0.39, 0.29) is 0 Å². The van der Waals surface area contributed by atoms with Crippen molar-refractivity contribution < 1.29 is 0 Å². The molecule has 2 fully saturated rings. The fourth-order valence-corrected chi connectivity index (χ4v) is 2.01. The lowest BCUT2D eigenvalue weighted by atomic mass is 9.75. The van der Waals surface area contributed by atoms with Gasteiger partial charge in [-0.15, -0.1) is 0 Å². The van der Waals surface area contributed by atoms with E-state index < -0.39 is 0 Å². The molecular formula is C10H23N3. The molecule has 2 aliphatic rings. The summed E-state index contributed by atoms with van der Waals surface area (Å²) >= 11 is 0. The molecule has 0 aromatic heterocycles. The van der Waals surface area contributed by atoms with Crippen LogP contribution in [-0.2, 0) is 0 Å². The number of nitrogens with one attached hydrogen (secondary N) is 1. The number of hydrazine groups is 1. The van der Waals surface area contributed by atoms with Crippen LogP contribution in [0.4, 0.5) is 0 Å². The summed E-state index contributed by atoms with van der Waals surface area (Å²) in [5.41, 5.74) is 0.562. The molecule has 0 aliphatic carbocycles. The SMILES string of the molecule is CCC.NN1CCCC2(CNC2)C1. The zero-order chi connectivity index (χ0) is 9.73. The third-order valence-electron chi connectivity index (χ3n) is 2.69. The van der Waals surface area contributed by atoms with Crippen LogP contribution in [0.1, 0.15) is 33.1 Å². The molecule has 3 heteroatoms. The van der Waals surface area contributed by atoms with Crippen molar-refractivity contribution in [3.63, 3.8) is 0 Å². The minimum atomic E-state index is 0.562. The van der Waals surface area contributed by atoms with Crippen molar-refractivity contribution in [2.24, 2.45) is 11.3 Å².